The highest BCUT2D eigenvalue weighted by Crippen LogP contribution is 2.53. The molecule has 0 aliphatic rings. The van der Waals surface area contributed by atoms with Crippen LogP contribution < -0.4 is 9.47 Å². The van der Waals surface area contributed by atoms with Crippen molar-refractivity contribution in [2.24, 2.45) is 0 Å². The molecule has 0 spiro atoms. The minimum atomic E-state index is -2.97. The number of hydrogen-bond donors (Lipinski definition) is 0. The van der Waals surface area contributed by atoms with Crippen molar-refractivity contribution < 1.29 is 18.8 Å². The Kier molecular flexibility index (Phi) is 9.13. The molecule has 4 nitrogen and oxygen atoms in total. The van der Waals surface area contributed by atoms with Crippen LogP contribution in [0.2, 0.25) is 0 Å². The van der Waals surface area contributed by atoms with Crippen LogP contribution >= 0.6 is 7.14 Å². The van der Waals surface area contributed by atoms with Gasteiger partial charge < -0.3 is 14.0 Å². The van der Waals surface area contributed by atoms with Gasteiger partial charge in [0.1, 0.15) is 17.1 Å². The summed E-state index contributed by atoms with van der Waals surface area (Å²) < 4.78 is 24.2. The second kappa shape index (κ2) is 10.6. The van der Waals surface area contributed by atoms with Crippen molar-refractivity contribution in [1.29, 1.82) is 0 Å². The Morgan fingerprint density at radius 1 is 0.917 bits per heavy atom. The molecule has 0 aliphatic carbocycles. The molecule has 5 heteroatoms. The minimum absolute atomic E-state index is 0.290. The van der Waals surface area contributed by atoms with Gasteiger partial charge in [0.15, 0.2) is 7.14 Å². The molecule has 24 heavy (non-hydrogen) atoms. The maximum atomic E-state index is 13.5. The molecular weight excluding hydrogens is 323 g/mol. The van der Waals surface area contributed by atoms with Gasteiger partial charge in [0.25, 0.3) is 0 Å². The van der Waals surface area contributed by atoms with E-state index in [0.717, 1.165) is 38.5 Å². The topological polar surface area (TPSA) is 52.6 Å². The van der Waals surface area contributed by atoms with Gasteiger partial charge in [-0.2, -0.15) is 0 Å². The minimum Gasteiger partial charge on any atom is -0.496 e. The molecule has 1 unspecified atom stereocenters. The van der Waals surface area contributed by atoms with Gasteiger partial charge in [-0.3, -0.25) is 4.79 Å². The quantitative estimate of drug-likeness (QED) is 0.363. The third-order valence-corrected chi connectivity index (χ3v) is 7.30. The van der Waals surface area contributed by atoms with Crippen LogP contribution in [-0.2, 0) is 4.57 Å². The van der Waals surface area contributed by atoms with Crippen LogP contribution in [0.4, 0.5) is 0 Å². The van der Waals surface area contributed by atoms with Gasteiger partial charge in [-0.1, -0.05) is 45.6 Å². The molecule has 1 aromatic carbocycles. The van der Waals surface area contributed by atoms with Crippen LogP contribution in [0.15, 0.2) is 18.2 Å². The van der Waals surface area contributed by atoms with Crippen molar-refractivity contribution in [2.45, 2.75) is 52.4 Å². The number of methoxy groups -OCH3 is 2. The smallest absolute Gasteiger partial charge is 0.228 e. The number of hydrogen-bond acceptors (Lipinski definition) is 4. The fourth-order valence-corrected chi connectivity index (χ4v) is 5.61. The maximum Gasteiger partial charge on any atom is 0.228 e. The SMILES string of the molecule is CCCCCCP(=O)(CCCC)C(=O)c1c(OC)cccc1OC. The Balaban J connectivity index is 3.13. The molecule has 0 aromatic heterocycles. The molecule has 1 rings (SSSR count). The molecule has 0 bridgehead atoms. The first-order valence-corrected chi connectivity index (χ1v) is 11.0. The second-order valence-corrected chi connectivity index (χ2v) is 9.17. The van der Waals surface area contributed by atoms with E-state index in [1.54, 1.807) is 18.2 Å². The van der Waals surface area contributed by atoms with Crippen LogP contribution in [0.25, 0.3) is 0 Å². The van der Waals surface area contributed by atoms with Crippen LogP contribution in [0.5, 0.6) is 11.5 Å². The summed E-state index contributed by atoms with van der Waals surface area (Å²) in [4.78, 5) is 13.2. The molecule has 0 aliphatic heterocycles. The Bertz CT molecular complexity index is 546. The maximum absolute atomic E-state index is 13.5. The lowest BCUT2D eigenvalue weighted by Crippen LogP contribution is -2.11. The zero-order valence-corrected chi connectivity index (χ0v) is 16.4. The Morgan fingerprint density at radius 3 is 1.96 bits per heavy atom. The van der Waals surface area contributed by atoms with Crippen molar-refractivity contribution in [2.75, 3.05) is 26.5 Å². The van der Waals surface area contributed by atoms with E-state index in [1.165, 1.54) is 14.2 Å². The van der Waals surface area contributed by atoms with E-state index in [4.69, 9.17) is 9.47 Å². The summed E-state index contributed by atoms with van der Waals surface area (Å²) in [5.74, 6) is 0.870. The molecule has 0 N–H and O–H groups in total. The number of benzene rings is 1. The Morgan fingerprint density at radius 2 is 1.46 bits per heavy atom. The lowest BCUT2D eigenvalue weighted by atomic mass is 10.2. The predicted octanol–water partition coefficient (Wildman–Crippen LogP) is 5.59. The zero-order chi connectivity index (χ0) is 18.0. The lowest BCUT2D eigenvalue weighted by Gasteiger charge is -2.20. The number of carbonyl (C=O) groups excluding carboxylic acids is 1. The van der Waals surface area contributed by atoms with Gasteiger partial charge in [0.2, 0.25) is 5.52 Å². The third-order valence-electron chi connectivity index (χ3n) is 4.26. The highest BCUT2D eigenvalue weighted by Gasteiger charge is 2.35. The van der Waals surface area contributed by atoms with Gasteiger partial charge >= 0.3 is 0 Å². The summed E-state index contributed by atoms with van der Waals surface area (Å²) >= 11 is 0. The highest BCUT2D eigenvalue weighted by molar-refractivity contribution is 7.81. The second-order valence-electron chi connectivity index (χ2n) is 6.09. The number of rotatable bonds is 12. The summed E-state index contributed by atoms with van der Waals surface area (Å²) in [5, 5.41) is 0. The summed E-state index contributed by atoms with van der Waals surface area (Å²) in [6.07, 6.45) is 6.75. The van der Waals surface area contributed by atoms with Gasteiger partial charge in [-0.05, 0) is 25.0 Å². The summed E-state index contributed by atoms with van der Waals surface area (Å²) in [6, 6.07) is 5.21. The van der Waals surface area contributed by atoms with Crippen molar-refractivity contribution in [3.63, 3.8) is 0 Å². The van der Waals surface area contributed by atoms with Crippen LogP contribution in [-0.4, -0.2) is 32.1 Å². The normalized spacial score (nSPS) is 13.3. The first kappa shape index (κ1) is 20.8. The largest absolute Gasteiger partial charge is 0.496 e. The lowest BCUT2D eigenvalue weighted by molar-refractivity contribution is 0.106. The van der Waals surface area contributed by atoms with Crippen molar-refractivity contribution in [1.82, 2.24) is 0 Å². The number of carbonyl (C=O) groups is 1. The summed E-state index contributed by atoms with van der Waals surface area (Å²) in [6.45, 7) is 4.19. The van der Waals surface area contributed by atoms with E-state index in [0.29, 0.717) is 29.4 Å². The van der Waals surface area contributed by atoms with E-state index < -0.39 is 7.14 Å². The van der Waals surface area contributed by atoms with E-state index in [-0.39, 0.29) is 5.52 Å². The zero-order valence-electron chi connectivity index (χ0n) is 15.5. The molecule has 1 aromatic rings. The van der Waals surface area contributed by atoms with Gasteiger partial charge in [-0.25, -0.2) is 0 Å². The van der Waals surface area contributed by atoms with E-state index in [9.17, 15) is 9.36 Å². The van der Waals surface area contributed by atoms with Crippen LogP contribution in [0.1, 0.15) is 62.7 Å². The van der Waals surface area contributed by atoms with Crippen molar-refractivity contribution >= 4 is 12.7 Å². The first-order chi connectivity index (χ1) is 11.5. The molecule has 136 valence electrons. The summed E-state index contributed by atoms with van der Waals surface area (Å²) in [7, 11) is 0.0671. The monoisotopic (exact) mass is 354 g/mol. The molecule has 0 radical (unpaired) electrons. The van der Waals surface area contributed by atoms with E-state index >= 15 is 0 Å². The van der Waals surface area contributed by atoms with Crippen molar-refractivity contribution in [3.8, 4) is 11.5 Å². The molecular formula is C19H31O4P. The Labute approximate surface area is 146 Å². The van der Waals surface area contributed by atoms with Gasteiger partial charge in [0, 0.05) is 12.3 Å². The molecule has 1 atom stereocenters. The third kappa shape index (κ3) is 5.37. The van der Waals surface area contributed by atoms with Gasteiger partial charge in [-0.15, -0.1) is 0 Å². The van der Waals surface area contributed by atoms with E-state index in [2.05, 4.69) is 13.8 Å². The average Bonchev–Trinajstić information content (AvgIpc) is 2.62. The number of unbranched alkanes of at least 4 members (excludes halogenated alkanes) is 4. The molecule has 0 saturated heterocycles. The molecule has 0 saturated carbocycles. The standard InChI is InChI=1S/C19H31O4P/c1-5-7-9-10-15-24(21,14-8-6-2)19(20)18-16(22-3)12-11-13-17(18)23-4/h11-13H,5-10,14-15H2,1-4H3. The Hall–Kier alpha value is -1.28. The predicted molar refractivity (Wildman–Crippen MR) is 100 cm³/mol. The van der Waals surface area contributed by atoms with Gasteiger partial charge in [0.05, 0.1) is 14.2 Å². The highest BCUT2D eigenvalue weighted by atomic mass is 31.2. The fourth-order valence-electron chi connectivity index (χ4n) is 2.79. The van der Waals surface area contributed by atoms with E-state index in [1.807, 2.05) is 0 Å². The fraction of sp³-hybridized carbons (Fsp3) is 0.632. The average molecular weight is 354 g/mol. The molecule has 0 fully saturated rings. The molecule has 0 heterocycles. The van der Waals surface area contributed by atoms with Crippen LogP contribution in [0.3, 0.4) is 0 Å². The van der Waals surface area contributed by atoms with Crippen LogP contribution in [0, 0.1) is 0 Å². The number of ether oxygens (including phenoxy) is 2. The summed E-state index contributed by atoms with van der Waals surface area (Å²) in [5.41, 5.74) is 0.0409. The van der Waals surface area contributed by atoms with Crippen molar-refractivity contribution in [3.05, 3.63) is 23.8 Å². The first-order valence-electron chi connectivity index (χ1n) is 8.88. The molecule has 0 amide bonds.